The zero-order valence-electron chi connectivity index (χ0n) is 29.7. The third kappa shape index (κ3) is 6.56. The molecule has 15 atom stereocenters. The predicted molar refractivity (Wildman–Crippen MR) is 187 cm³/mol. The summed E-state index contributed by atoms with van der Waals surface area (Å²) in [5, 5.41) is 9.72. The fourth-order valence-electron chi connectivity index (χ4n) is 14.2. The van der Waals surface area contributed by atoms with E-state index in [0.29, 0.717) is 6.61 Å². The molecule has 0 heterocycles. The summed E-state index contributed by atoms with van der Waals surface area (Å²) in [6, 6.07) is 0. The zero-order valence-corrected chi connectivity index (χ0v) is 29.7. The van der Waals surface area contributed by atoms with Crippen LogP contribution in [0.2, 0.25) is 0 Å². The number of hydrogen-bond donors (Lipinski definition) is 1. The van der Waals surface area contributed by atoms with Gasteiger partial charge in [0.1, 0.15) is 6.10 Å². The molecule has 0 bridgehead atoms. The van der Waals surface area contributed by atoms with Crippen LogP contribution in [0.4, 0.5) is 0 Å². The van der Waals surface area contributed by atoms with Crippen LogP contribution >= 0.6 is 0 Å². The lowest BCUT2D eigenvalue weighted by molar-refractivity contribution is -0.264. The van der Waals surface area contributed by atoms with Gasteiger partial charge in [-0.15, -0.1) is 0 Å². The van der Waals surface area contributed by atoms with Crippen molar-refractivity contribution >= 4 is 0 Å². The first-order valence-corrected chi connectivity index (χ1v) is 21.6. The number of fused-ring (bicyclic) bond motifs is 14. The Balaban J connectivity index is 0.559. The normalized spacial score (nSPS) is 44.5. The Morgan fingerprint density at radius 3 is 1.30 bits per heavy atom. The molecule has 0 aromatic carbocycles. The summed E-state index contributed by atoms with van der Waals surface area (Å²) in [6.07, 6.45) is 34.8. The van der Waals surface area contributed by atoms with Crippen LogP contribution in [0.25, 0.3) is 0 Å². The molecule has 0 aromatic rings. The maximum Gasteiger partial charge on any atom is 0.104 e. The molecule has 0 aliphatic heterocycles. The van der Waals surface area contributed by atoms with Crippen molar-refractivity contribution in [2.24, 2.45) is 82.9 Å². The molecule has 0 radical (unpaired) electrons. The van der Waals surface area contributed by atoms with E-state index in [1.807, 2.05) is 0 Å². The third-order valence-electron chi connectivity index (χ3n) is 16.8. The minimum Gasteiger partial charge on any atom is -0.394 e. The summed E-state index contributed by atoms with van der Waals surface area (Å²) < 4.78 is 11.8. The first-order chi connectivity index (χ1) is 22.8. The molecule has 8 aliphatic rings. The van der Waals surface area contributed by atoms with Crippen LogP contribution in [0.5, 0.6) is 0 Å². The molecule has 0 saturated heterocycles. The molecule has 3 heteroatoms. The lowest BCUT2D eigenvalue weighted by Gasteiger charge is -2.74. The quantitative estimate of drug-likeness (QED) is 0.120. The number of rotatable bonds is 22. The van der Waals surface area contributed by atoms with Crippen molar-refractivity contribution in [1.82, 2.24) is 0 Å². The van der Waals surface area contributed by atoms with Crippen molar-refractivity contribution in [1.29, 1.82) is 0 Å². The molecule has 46 heavy (non-hydrogen) atoms. The van der Waals surface area contributed by atoms with Crippen LogP contribution < -0.4 is 0 Å². The Labute approximate surface area is 283 Å². The Kier molecular flexibility index (Phi) is 11.1. The van der Waals surface area contributed by atoms with Gasteiger partial charge in [0.15, 0.2) is 0 Å². The monoisotopic (exact) mass is 637 g/mol. The Hall–Kier alpha value is -0.120. The molecule has 1 N–H and O–H groups in total. The largest absolute Gasteiger partial charge is 0.394 e. The molecule has 0 amide bonds. The molecular formula is C43H72O3. The van der Waals surface area contributed by atoms with Gasteiger partial charge >= 0.3 is 0 Å². The van der Waals surface area contributed by atoms with Gasteiger partial charge in [0.2, 0.25) is 0 Å². The van der Waals surface area contributed by atoms with Gasteiger partial charge in [-0.1, -0.05) is 89.9 Å². The molecule has 14 unspecified atom stereocenters. The van der Waals surface area contributed by atoms with E-state index in [0.717, 1.165) is 49.7 Å². The second-order valence-corrected chi connectivity index (χ2v) is 18.7. The van der Waals surface area contributed by atoms with E-state index in [2.05, 4.69) is 0 Å². The number of aliphatic hydroxyl groups is 1. The fraction of sp³-hybridized carbons (Fsp3) is 1.00. The van der Waals surface area contributed by atoms with Gasteiger partial charge in [0.25, 0.3) is 0 Å². The van der Waals surface area contributed by atoms with Crippen LogP contribution in [-0.4, -0.2) is 37.6 Å². The average Bonchev–Trinajstić information content (AvgIpc) is 3.05. The lowest BCUT2D eigenvalue weighted by atomic mass is 9.30. The fourth-order valence-corrected chi connectivity index (χ4v) is 14.2. The molecular weight excluding hydrogens is 564 g/mol. The van der Waals surface area contributed by atoms with Gasteiger partial charge in [-0.3, -0.25) is 0 Å². The molecule has 8 saturated carbocycles. The maximum absolute atomic E-state index is 9.72. The first kappa shape index (κ1) is 33.0. The Morgan fingerprint density at radius 2 is 0.826 bits per heavy atom. The predicted octanol–water partition coefficient (Wildman–Crippen LogP) is 10.5. The van der Waals surface area contributed by atoms with Crippen molar-refractivity contribution in [3.05, 3.63) is 0 Å². The minimum atomic E-state index is -0.142. The van der Waals surface area contributed by atoms with E-state index in [1.165, 1.54) is 136 Å². The van der Waals surface area contributed by atoms with Crippen LogP contribution in [0.15, 0.2) is 0 Å². The highest BCUT2D eigenvalue weighted by Gasteiger charge is 2.69. The van der Waals surface area contributed by atoms with E-state index in [-0.39, 0.29) is 12.7 Å². The molecule has 8 fully saturated rings. The molecule has 262 valence electrons. The summed E-state index contributed by atoms with van der Waals surface area (Å²) in [7, 11) is 0. The van der Waals surface area contributed by atoms with Crippen LogP contribution in [0.3, 0.4) is 0 Å². The van der Waals surface area contributed by atoms with Gasteiger partial charge < -0.3 is 14.6 Å². The first-order valence-electron chi connectivity index (χ1n) is 21.6. The van der Waals surface area contributed by atoms with Gasteiger partial charge in [-0.25, -0.2) is 0 Å². The highest BCUT2D eigenvalue weighted by molar-refractivity contribution is 5.17. The van der Waals surface area contributed by atoms with E-state index < -0.39 is 0 Å². The highest BCUT2D eigenvalue weighted by Crippen LogP contribution is 2.75. The number of ether oxygens (including phenoxy) is 2. The van der Waals surface area contributed by atoms with Crippen molar-refractivity contribution in [2.45, 2.75) is 160 Å². The summed E-state index contributed by atoms with van der Waals surface area (Å²) in [5.41, 5.74) is 0. The Bertz CT molecular complexity index is 938. The SMILES string of the molecule is OC[C@@H](COCCCCCCCCC1CCC2C(C1)C1C3CCC3C21)OCCCCCCCCC1CCC2C(C1)C1C3CCC3C21. The standard InChI is InChI=1S/C43H72O3/c44-27-31(46-24-12-8-4-2-6-10-14-30-16-18-37-39(26-30)43-35-22-20-33(35)41(37)43)28-45-23-11-7-3-1-5-9-13-29-15-17-36-38(25-29)42-34-21-19-32(34)40(36)42/h29-44H,1-28H2/t29?,30?,31-,32?,33?,34?,35?,36?,37?,38?,39?,40?,41?,42?,43?/m0/s1. The van der Waals surface area contributed by atoms with Crippen LogP contribution in [-0.2, 0) is 9.47 Å². The van der Waals surface area contributed by atoms with Crippen molar-refractivity contribution in [3.63, 3.8) is 0 Å². The van der Waals surface area contributed by atoms with Gasteiger partial charge in [0.05, 0.1) is 13.2 Å². The summed E-state index contributed by atoms with van der Waals surface area (Å²) in [4.78, 5) is 0. The summed E-state index contributed by atoms with van der Waals surface area (Å²) >= 11 is 0. The number of hydrogen-bond acceptors (Lipinski definition) is 3. The second-order valence-electron chi connectivity index (χ2n) is 18.7. The molecule has 3 nitrogen and oxygen atoms in total. The van der Waals surface area contributed by atoms with Crippen molar-refractivity contribution in [2.75, 3.05) is 26.4 Å². The molecule has 8 aliphatic carbocycles. The smallest absolute Gasteiger partial charge is 0.104 e. The topological polar surface area (TPSA) is 38.7 Å². The Morgan fingerprint density at radius 1 is 0.435 bits per heavy atom. The maximum atomic E-state index is 9.72. The molecule has 0 aromatic heterocycles. The number of aliphatic hydroxyl groups excluding tert-OH is 1. The van der Waals surface area contributed by atoms with Crippen molar-refractivity contribution < 1.29 is 14.6 Å². The van der Waals surface area contributed by atoms with Crippen LogP contribution in [0, 0.1) is 82.9 Å². The van der Waals surface area contributed by atoms with Crippen LogP contribution in [0.1, 0.15) is 154 Å². The van der Waals surface area contributed by atoms with E-state index >= 15 is 0 Å². The number of unbranched alkanes of at least 4 members (excludes halogenated alkanes) is 10. The minimum absolute atomic E-state index is 0.0795. The lowest BCUT2D eigenvalue weighted by Crippen LogP contribution is -2.69. The summed E-state index contributed by atoms with van der Waals surface area (Å²) in [5.74, 6) is 16.4. The molecule has 8 rings (SSSR count). The third-order valence-corrected chi connectivity index (χ3v) is 16.8. The highest BCUT2D eigenvalue weighted by atomic mass is 16.5. The van der Waals surface area contributed by atoms with Gasteiger partial charge in [0, 0.05) is 13.2 Å². The van der Waals surface area contributed by atoms with E-state index in [4.69, 9.17) is 9.47 Å². The van der Waals surface area contributed by atoms with Gasteiger partial charge in [-0.2, -0.15) is 0 Å². The summed E-state index contributed by atoms with van der Waals surface area (Å²) in [6.45, 7) is 2.22. The van der Waals surface area contributed by atoms with Crippen molar-refractivity contribution in [3.8, 4) is 0 Å². The van der Waals surface area contributed by atoms with Gasteiger partial charge in [-0.05, 0) is 147 Å². The van der Waals surface area contributed by atoms with E-state index in [9.17, 15) is 5.11 Å². The van der Waals surface area contributed by atoms with E-state index in [1.54, 1.807) is 64.2 Å². The molecule has 0 spiro atoms. The second kappa shape index (κ2) is 15.4. The average molecular weight is 637 g/mol. The zero-order chi connectivity index (χ0) is 30.9.